The van der Waals surface area contributed by atoms with E-state index in [0.29, 0.717) is 32.4 Å². The molecule has 2 heterocycles. The third-order valence-corrected chi connectivity index (χ3v) is 6.00. The highest BCUT2D eigenvalue weighted by atomic mass is 32.2. The van der Waals surface area contributed by atoms with E-state index in [4.69, 9.17) is 4.74 Å². The first-order valence-corrected chi connectivity index (χ1v) is 10.9. The van der Waals surface area contributed by atoms with Gasteiger partial charge in [0.1, 0.15) is 4.70 Å². The van der Waals surface area contributed by atoms with E-state index in [9.17, 15) is 13.9 Å². The molecule has 2 aromatic heterocycles. The number of methoxy groups -OCH3 is 1. The van der Waals surface area contributed by atoms with E-state index >= 15 is 0 Å². The van der Waals surface area contributed by atoms with Crippen molar-refractivity contribution in [2.24, 2.45) is 5.92 Å². The lowest BCUT2D eigenvalue weighted by Crippen LogP contribution is -2.26. The first-order chi connectivity index (χ1) is 13.9. The topological polar surface area (TPSA) is 80.2 Å². The Morgan fingerprint density at radius 3 is 2.72 bits per heavy atom. The molecule has 0 amide bonds. The molecule has 0 aliphatic heterocycles. The minimum absolute atomic E-state index is 0.0450. The summed E-state index contributed by atoms with van der Waals surface area (Å²) in [6.45, 7) is 4.10. The van der Waals surface area contributed by atoms with Crippen LogP contribution >= 0.6 is 23.1 Å². The van der Waals surface area contributed by atoms with Crippen LogP contribution in [-0.4, -0.2) is 39.8 Å². The molecule has 10 heteroatoms. The highest BCUT2D eigenvalue weighted by Gasteiger charge is 2.18. The molecule has 3 aromatic rings. The van der Waals surface area contributed by atoms with Gasteiger partial charge in [0.05, 0.1) is 19.8 Å². The van der Waals surface area contributed by atoms with E-state index in [2.05, 4.69) is 34.1 Å². The lowest BCUT2D eigenvalue weighted by Gasteiger charge is -2.19. The Labute approximate surface area is 175 Å². The molecule has 6 nitrogen and oxygen atoms in total. The first-order valence-electron chi connectivity index (χ1n) is 9.06. The molecule has 0 unspecified atom stereocenters. The maximum absolute atomic E-state index is 13.9. The van der Waals surface area contributed by atoms with Crippen LogP contribution in [0.3, 0.4) is 0 Å². The number of ether oxygens (including phenoxy) is 1. The number of anilines is 1. The number of nitrogens with one attached hydrogen (secondary N) is 1. The molecular formula is C19H22F2N4O2S2. The highest BCUT2D eigenvalue weighted by Crippen LogP contribution is 2.34. The number of aliphatic hydroxyl groups is 1. The summed E-state index contributed by atoms with van der Waals surface area (Å²) >= 11 is 2.48. The van der Waals surface area contributed by atoms with E-state index in [1.165, 1.54) is 42.3 Å². The summed E-state index contributed by atoms with van der Waals surface area (Å²) in [4.78, 5) is 13.3. The van der Waals surface area contributed by atoms with Crippen LogP contribution in [-0.2, 0) is 5.75 Å². The van der Waals surface area contributed by atoms with Gasteiger partial charge in [-0.1, -0.05) is 49.1 Å². The second-order valence-electron chi connectivity index (χ2n) is 6.85. The van der Waals surface area contributed by atoms with Gasteiger partial charge in [0.2, 0.25) is 0 Å². The molecule has 0 radical (unpaired) electrons. The molecule has 1 atom stereocenters. The van der Waals surface area contributed by atoms with Crippen LogP contribution < -0.4 is 10.1 Å². The molecule has 2 N–H and O–H groups in total. The number of fused-ring (bicyclic) bond motifs is 1. The van der Waals surface area contributed by atoms with Crippen LogP contribution in [0.2, 0.25) is 0 Å². The van der Waals surface area contributed by atoms with Gasteiger partial charge in [-0.05, 0) is 18.4 Å². The molecule has 0 bridgehead atoms. The third-order valence-electron chi connectivity index (χ3n) is 4.09. The normalized spacial score (nSPS) is 12.5. The summed E-state index contributed by atoms with van der Waals surface area (Å²) in [6.07, 6.45) is 0.759. The molecular weight excluding hydrogens is 418 g/mol. The zero-order valence-electron chi connectivity index (χ0n) is 16.3. The Morgan fingerprint density at radius 1 is 1.24 bits per heavy atom. The number of hydrogen-bond donors (Lipinski definition) is 2. The first kappa shape index (κ1) is 21.7. The number of thiazole rings is 1. The van der Waals surface area contributed by atoms with Crippen molar-refractivity contribution in [3.63, 3.8) is 0 Å². The second-order valence-corrected chi connectivity index (χ2v) is 8.75. The summed E-state index contributed by atoms with van der Waals surface area (Å²) < 4.78 is 33.3. The Balaban J connectivity index is 1.90. The van der Waals surface area contributed by atoms with Crippen LogP contribution in [0, 0.1) is 17.6 Å². The van der Waals surface area contributed by atoms with Crippen LogP contribution in [0.25, 0.3) is 10.3 Å². The van der Waals surface area contributed by atoms with Crippen LogP contribution in [0.15, 0.2) is 23.4 Å². The molecule has 0 saturated heterocycles. The quantitative estimate of drug-likeness (QED) is 0.375. The molecule has 0 aliphatic rings. The maximum Gasteiger partial charge on any atom is 0.275 e. The predicted molar refractivity (Wildman–Crippen MR) is 112 cm³/mol. The number of hydrogen-bond acceptors (Lipinski definition) is 8. The molecule has 156 valence electrons. The Morgan fingerprint density at radius 2 is 2.03 bits per heavy atom. The van der Waals surface area contributed by atoms with Gasteiger partial charge in [-0.25, -0.2) is 18.7 Å². The highest BCUT2D eigenvalue weighted by molar-refractivity contribution is 7.98. The summed E-state index contributed by atoms with van der Waals surface area (Å²) in [6, 6.07) is 3.90. The van der Waals surface area contributed by atoms with Gasteiger partial charge in [0.25, 0.3) is 5.19 Å². The average Bonchev–Trinajstić information content (AvgIpc) is 3.11. The van der Waals surface area contributed by atoms with Crippen LogP contribution in [0.1, 0.15) is 25.8 Å². The van der Waals surface area contributed by atoms with E-state index in [1.54, 1.807) is 0 Å². The van der Waals surface area contributed by atoms with Gasteiger partial charge in [-0.2, -0.15) is 4.98 Å². The van der Waals surface area contributed by atoms with Crippen LogP contribution in [0.5, 0.6) is 5.19 Å². The number of rotatable bonds is 9. The second kappa shape index (κ2) is 9.64. The van der Waals surface area contributed by atoms with Gasteiger partial charge in [-0.3, -0.25) is 0 Å². The Kier molecular flexibility index (Phi) is 7.20. The predicted octanol–water partition coefficient (Wildman–Crippen LogP) is 4.48. The monoisotopic (exact) mass is 440 g/mol. The largest absolute Gasteiger partial charge is 0.473 e. The molecule has 1 aromatic carbocycles. The van der Waals surface area contributed by atoms with Crippen molar-refractivity contribution >= 4 is 39.3 Å². The molecule has 29 heavy (non-hydrogen) atoms. The fourth-order valence-electron chi connectivity index (χ4n) is 2.78. The lowest BCUT2D eigenvalue weighted by atomic mass is 10.0. The average molecular weight is 441 g/mol. The molecule has 0 fully saturated rings. The summed E-state index contributed by atoms with van der Waals surface area (Å²) in [5.74, 6) is -0.654. The maximum atomic E-state index is 13.9. The Bertz CT molecular complexity index is 984. The zero-order chi connectivity index (χ0) is 21.0. The number of aromatic nitrogens is 3. The molecule has 0 aliphatic carbocycles. The van der Waals surface area contributed by atoms with Crippen molar-refractivity contribution in [1.82, 2.24) is 15.0 Å². The third kappa shape index (κ3) is 5.31. The molecule has 3 rings (SSSR count). The zero-order valence-corrected chi connectivity index (χ0v) is 17.9. The van der Waals surface area contributed by atoms with Gasteiger partial charge in [-0.15, -0.1) is 0 Å². The van der Waals surface area contributed by atoms with Gasteiger partial charge >= 0.3 is 0 Å². The minimum Gasteiger partial charge on any atom is -0.473 e. The van der Waals surface area contributed by atoms with E-state index in [0.717, 1.165) is 12.5 Å². The van der Waals surface area contributed by atoms with E-state index < -0.39 is 11.6 Å². The van der Waals surface area contributed by atoms with E-state index in [1.807, 2.05) is 0 Å². The SMILES string of the molecule is COc1nc2nc(SCc3cccc(F)c3F)nc(N[C@@H](CO)CC(C)C)c2s1. The van der Waals surface area contributed by atoms with Crippen molar-refractivity contribution in [2.75, 3.05) is 19.0 Å². The van der Waals surface area contributed by atoms with E-state index in [-0.39, 0.29) is 24.0 Å². The minimum atomic E-state index is -0.884. The fraction of sp³-hybridized carbons (Fsp3) is 0.421. The number of nitrogens with zero attached hydrogens (tertiary/aromatic N) is 3. The number of thioether (sulfide) groups is 1. The molecule has 0 saturated carbocycles. The Hall–Kier alpha value is -2.04. The van der Waals surface area contributed by atoms with Gasteiger partial charge in [0, 0.05) is 11.3 Å². The van der Waals surface area contributed by atoms with Crippen molar-refractivity contribution in [3.8, 4) is 5.19 Å². The smallest absolute Gasteiger partial charge is 0.275 e. The van der Waals surface area contributed by atoms with Crippen LogP contribution in [0.4, 0.5) is 14.6 Å². The fourth-order valence-corrected chi connectivity index (χ4v) is 4.37. The van der Waals surface area contributed by atoms with Crippen molar-refractivity contribution < 1.29 is 18.6 Å². The van der Waals surface area contributed by atoms with Crippen molar-refractivity contribution in [1.29, 1.82) is 0 Å². The lowest BCUT2D eigenvalue weighted by molar-refractivity contribution is 0.259. The summed E-state index contributed by atoms with van der Waals surface area (Å²) in [5, 5.41) is 13.8. The van der Waals surface area contributed by atoms with Gasteiger partial charge in [0.15, 0.2) is 28.3 Å². The number of halogens is 2. The summed E-state index contributed by atoms with van der Waals surface area (Å²) in [5.41, 5.74) is 0.685. The summed E-state index contributed by atoms with van der Waals surface area (Å²) in [7, 11) is 1.52. The van der Waals surface area contributed by atoms with Gasteiger partial charge < -0.3 is 15.2 Å². The standard InChI is InChI=1S/C19H22F2N4O2S2/c1-10(2)7-12(8-26)22-16-15-17(25-19(27-3)29-15)24-18(23-16)28-9-11-5-4-6-13(20)14(11)21/h4-6,10,12,26H,7-9H2,1-3H3,(H,22,23,24)/t12-/m1/s1. The van der Waals surface area contributed by atoms with Crippen molar-refractivity contribution in [2.45, 2.75) is 37.2 Å². The number of aliphatic hydroxyl groups excluding tert-OH is 1. The molecule has 0 spiro atoms. The van der Waals surface area contributed by atoms with Crippen molar-refractivity contribution in [3.05, 3.63) is 35.4 Å². The number of benzene rings is 1.